The van der Waals surface area contributed by atoms with Crippen molar-refractivity contribution in [3.63, 3.8) is 0 Å². The number of ether oxygens (including phenoxy) is 1. The zero-order chi connectivity index (χ0) is 26.8. The van der Waals surface area contributed by atoms with Crippen molar-refractivity contribution in [1.29, 1.82) is 0 Å². The normalized spacial score (nSPS) is 26.5. The molecular formula is C26H30FN3O7. The summed E-state index contributed by atoms with van der Waals surface area (Å²) in [5, 5.41) is 40.7. The predicted molar refractivity (Wildman–Crippen MR) is 130 cm³/mol. The fourth-order valence-electron chi connectivity index (χ4n) is 6.05. The lowest BCUT2D eigenvalue weighted by molar-refractivity contribution is -0.0559. The number of anilines is 1. The molecule has 1 aromatic heterocycles. The number of phenolic OH excluding ortho intramolecular Hbond substituents is 1. The summed E-state index contributed by atoms with van der Waals surface area (Å²) >= 11 is 0. The van der Waals surface area contributed by atoms with Gasteiger partial charge in [-0.05, 0) is 44.4 Å². The minimum atomic E-state index is -2.47. The Kier molecular flexibility index (Phi) is 6.03. The molecule has 0 aliphatic heterocycles. The Hall–Kier alpha value is -3.44. The molecule has 1 aromatic carbocycles. The zero-order valence-electron chi connectivity index (χ0n) is 21.1. The Balaban J connectivity index is 1.68. The van der Waals surface area contributed by atoms with E-state index in [4.69, 9.17) is 9.26 Å². The van der Waals surface area contributed by atoms with Crippen molar-refractivity contribution in [2.45, 2.75) is 44.2 Å². The van der Waals surface area contributed by atoms with Crippen molar-refractivity contribution < 1.29 is 38.6 Å². The van der Waals surface area contributed by atoms with Gasteiger partial charge in [0.15, 0.2) is 17.1 Å². The number of Topliss-reactive ketones (excluding diaryl/α,β-unsaturated/α-hetero) is 2. The van der Waals surface area contributed by atoms with Crippen molar-refractivity contribution in [1.82, 2.24) is 10.1 Å². The molecule has 0 radical (unpaired) electrons. The highest BCUT2D eigenvalue weighted by atomic mass is 19.1. The fourth-order valence-corrected chi connectivity index (χ4v) is 6.05. The van der Waals surface area contributed by atoms with E-state index in [1.165, 1.54) is 7.05 Å². The lowest BCUT2D eigenvalue weighted by Crippen LogP contribution is -2.59. The van der Waals surface area contributed by atoms with Crippen molar-refractivity contribution in [2.24, 2.45) is 11.8 Å². The topological polar surface area (TPSA) is 145 Å². The molecule has 11 heteroatoms. The van der Waals surface area contributed by atoms with E-state index >= 15 is 0 Å². The quantitative estimate of drug-likeness (QED) is 0.334. The van der Waals surface area contributed by atoms with Gasteiger partial charge in [0, 0.05) is 30.2 Å². The SMILES string of the molecule is CCCCOc1noc2c1C(=O)[C@@]1(O)C(O)=C3C(=O)c4c(O)c(NC)cc(F)c4C[C@H]3C[C@H]1[C@@H]2N(C)C. The predicted octanol–water partition coefficient (Wildman–Crippen LogP) is 3.16. The second-order valence-electron chi connectivity index (χ2n) is 10.1. The summed E-state index contributed by atoms with van der Waals surface area (Å²) in [6.07, 6.45) is 1.63. The summed E-state index contributed by atoms with van der Waals surface area (Å²) in [6, 6.07) is 0.418. The molecule has 3 aliphatic rings. The number of allylic oxidation sites excluding steroid dienone is 1. The van der Waals surface area contributed by atoms with Gasteiger partial charge in [0.2, 0.25) is 5.78 Å². The van der Waals surface area contributed by atoms with Gasteiger partial charge in [-0.15, -0.1) is 0 Å². The molecule has 37 heavy (non-hydrogen) atoms. The monoisotopic (exact) mass is 515 g/mol. The third-order valence-corrected chi connectivity index (χ3v) is 7.85. The molecule has 3 aliphatic carbocycles. The maximum Gasteiger partial charge on any atom is 0.265 e. The molecule has 0 fully saturated rings. The van der Waals surface area contributed by atoms with Crippen LogP contribution in [0.1, 0.15) is 64.3 Å². The van der Waals surface area contributed by atoms with E-state index in [1.807, 2.05) is 6.92 Å². The minimum absolute atomic E-state index is 0.000581. The zero-order valence-corrected chi connectivity index (χ0v) is 21.1. The second kappa shape index (κ2) is 8.84. The highest BCUT2D eigenvalue weighted by Gasteiger charge is 2.64. The van der Waals surface area contributed by atoms with Gasteiger partial charge in [-0.2, -0.15) is 0 Å². The number of nitrogens with one attached hydrogen (secondary N) is 1. The summed E-state index contributed by atoms with van der Waals surface area (Å²) in [5.74, 6) is -5.10. The summed E-state index contributed by atoms with van der Waals surface area (Å²) < 4.78 is 26.2. The molecule has 0 spiro atoms. The number of aliphatic hydroxyl groups excluding tert-OH is 1. The number of carbonyl (C=O) groups excluding carboxylic acids is 2. The number of rotatable bonds is 6. The van der Waals surface area contributed by atoms with Crippen LogP contribution in [-0.4, -0.2) is 70.3 Å². The molecule has 0 unspecified atom stereocenters. The van der Waals surface area contributed by atoms with Crippen LogP contribution in [0.5, 0.6) is 11.6 Å². The largest absolute Gasteiger partial charge is 0.508 e. The molecular weight excluding hydrogens is 485 g/mol. The van der Waals surface area contributed by atoms with Crippen LogP contribution in [0.15, 0.2) is 21.9 Å². The van der Waals surface area contributed by atoms with Crippen molar-refractivity contribution in [3.8, 4) is 11.6 Å². The summed E-state index contributed by atoms with van der Waals surface area (Å²) in [5.41, 5.74) is -2.98. The van der Waals surface area contributed by atoms with Crippen LogP contribution in [-0.2, 0) is 6.42 Å². The van der Waals surface area contributed by atoms with Gasteiger partial charge in [0.25, 0.3) is 5.88 Å². The smallest absolute Gasteiger partial charge is 0.265 e. The van der Waals surface area contributed by atoms with E-state index in [1.54, 1.807) is 19.0 Å². The van der Waals surface area contributed by atoms with E-state index in [0.717, 1.165) is 12.5 Å². The Morgan fingerprint density at radius 2 is 2.03 bits per heavy atom. The second-order valence-corrected chi connectivity index (χ2v) is 10.1. The third kappa shape index (κ3) is 3.40. The minimum Gasteiger partial charge on any atom is -0.508 e. The Labute approximate surface area is 212 Å². The first-order chi connectivity index (χ1) is 17.6. The third-order valence-electron chi connectivity index (χ3n) is 7.85. The number of hydrogen-bond acceptors (Lipinski definition) is 10. The number of aliphatic hydroxyl groups is 2. The number of nitrogens with zero attached hydrogens (tertiary/aromatic N) is 2. The number of hydrogen-bond donors (Lipinski definition) is 4. The van der Waals surface area contributed by atoms with Crippen molar-refractivity contribution in [3.05, 3.63) is 45.7 Å². The fraction of sp³-hybridized carbons (Fsp3) is 0.500. The average molecular weight is 516 g/mol. The molecule has 2 aromatic rings. The van der Waals surface area contributed by atoms with Gasteiger partial charge in [0.05, 0.1) is 23.9 Å². The number of aromatic nitrogens is 1. The number of unbranched alkanes of at least 4 members (excludes halogenated alkanes) is 1. The molecule has 0 saturated carbocycles. The van der Waals surface area contributed by atoms with Crippen LogP contribution in [0.4, 0.5) is 10.1 Å². The van der Waals surface area contributed by atoms with Crippen molar-refractivity contribution >= 4 is 17.3 Å². The molecule has 4 N–H and O–H groups in total. The highest BCUT2D eigenvalue weighted by molar-refractivity contribution is 6.16. The Bertz CT molecular complexity index is 1330. The number of halogens is 1. The van der Waals surface area contributed by atoms with Crippen LogP contribution in [0.25, 0.3) is 0 Å². The van der Waals surface area contributed by atoms with E-state index in [0.29, 0.717) is 6.42 Å². The maximum absolute atomic E-state index is 15.0. The first-order valence-electron chi connectivity index (χ1n) is 12.3. The number of phenols is 1. The number of carbonyl (C=O) groups is 2. The standard InChI is InChI=1S/C26H30FN3O7/c1-5-6-7-36-25-18-22(37-29-25)19(30(3)4)13-9-11-8-12-14(27)10-15(28-2)20(31)17(12)21(32)16(11)23(33)26(13,35)24(18)34/h10-11,13,19,28,31,33,35H,5-9H2,1-4H3/t11-,13-,19-,26-/m0/s1. The summed E-state index contributed by atoms with van der Waals surface area (Å²) in [6.45, 7) is 2.26. The molecule has 0 amide bonds. The van der Waals surface area contributed by atoms with E-state index in [2.05, 4.69) is 10.5 Å². The molecule has 1 heterocycles. The summed E-state index contributed by atoms with van der Waals surface area (Å²) in [4.78, 5) is 29.2. The van der Waals surface area contributed by atoms with Gasteiger partial charge in [0.1, 0.15) is 22.9 Å². The van der Waals surface area contributed by atoms with Gasteiger partial charge in [-0.3, -0.25) is 14.5 Å². The van der Waals surface area contributed by atoms with Crippen LogP contribution in [0.3, 0.4) is 0 Å². The first kappa shape index (κ1) is 25.2. The first-order valence-corrected chi connectivity index (χ1v) is 12.3. The number of ketones is 2. The molecule has 10 nitrogen and oxygen atoms in total. The Morgan fingerprint density at radius 1 is 1.30 bits per heavy atom. The molecule has 5 rings (SSSR count). The van der Waals surface area contributed by atoms with Gasteiger partial charge in [-0.25, -0.2) is 4.39 Å². The average Bonchev–Trinajstić information content (AvgIpc) is 3.26. The molecule has 4 atom stereocenters. The lowest BCUT2D eigenvalue weighted by Gasteiger charge is -2.49. The van der Waals surface area contributed by atoms with Crippen LogP contribution < -0.4 is 10.1 Å². The number of benzene rings is 1. The molecule has 0 saturated heterocycles. The number of fused-ring (bicyclic) bond motifs is 4. The van der Waals surface area contributed by atoms with E-state index in [-0.39, 0.29) is 59.0 Å². The van der Waals surface area contributed by atoms with Gasteiger partial charge in [-0.1, -0.05) is 13.3 Å². The number of aromatic hydroxyl groups is 1. The Morgan fingerprint density at radius 3 is 2.68 bits per heavy atom. The molecule has 198 valence electrons. The lowest BCUT2D eigenvalue weighted by atomic mass is 9.58. The maximum atomic E-state index is 15.0. The highest BCUT2D eigenvalue weighted by Crippen LogP contribution is 2.56. The van der Waals surface area contributed by atoms with Gasteiger partial charge < -0.3 is 29.9 Å². The summed E-state index contributed by atoms with van der Waals surface area (Å²) in [7, 11) is 4.94. The van der Waals surface area contributed by atoms with Crippen LogP contribution in [0, 0.1) is 17.7 Å². The van der Waals surface area contributed by atoms with Crippen LogP contribution in [0.2, 0.25) is 0 Å². The van der Waals surface area contributed by atoms with Crippen LogP contribution >= 0.6 is 0 Å². The van der Waals surface area contributed by atoms with Gasteiger partial charge >= 0.3 is 0 Å². The molecule has 0 bridgehead atoms. The van der Waals surface area contributed by atoms with Crippen molar-refractivity contribution in [2.75, 3.05) is 33.1 Å². The van der Waals surface area contributed by atoms with E-state index in [9.17, 15) is 29.3 Å². The van der Waals surface area contributed by atoms with E-state index < -0.39 is 52.4 Å².